The number of nitrogens with two attached hydrogens (primary N) is 1. The highest BCUT2D eigenvalue weighted by molar-refractivity contribution is 6.44. The third kappa shape index (κ3) is 4.86. The van der Waals surface area contributed by atoms with Gasteiger partial charge in [-0.1, -0.05) is 0 Å². The maximum atomic E-state index is 13.4. The van der Waals surface area contributed by atoms with E-state index >= 15 is 0 Å². The van der Waals surface area contributed by atoms with E-state index in [2.05, 4.69) is 5.32 Å². The Kier molecular flexibility index (Phi) is 7.09. The number of aliphatic hydroxyl groups excluding tert-OH is 1. The Morgan fingerprint density at radius 3 is 2.35 bits per heavy atom. The van der Waals surface area contributed by atoms with Crippen LogP contribution in [0.1, 0.15) is 44.1 Å². The first kappa shape index (κ1) is 23.9. The van der Waals surface area contributed by atoms with Crippen molar-refractivity contribution in [2.75, 3.05) is 5.32 Å². The Bertz CT molecular complexity index is 1080. The van der Waals surface area contributed by atoms with Crippen LogP contribution in [0, 0.1) is 26.6 Å². The molecule has 1 heterocycles. The number of carboxylic acid groups (broad SMARTS) is 1. The topological polar surface area (TPSA) is 152 Å². The van der Waals surface area contributed by atoms with E-state index in [-0.39, 0.29) is 16.8 Å². The normalized spacial score (nSPS) is 12.9. The summed E-state index contributed by atoms with van der Waals surface area (Å²) in [5.74, 6) is -4.48. The number of hydrogen-bond acceptors (Lipinski definition) is 6. The third-order valence-electron chi connectivity index (χ3n) is 5.14. The number of nitrogens with zero attached hydrogens (tertiary/aromatic N) is 1. The lowest BCUT2D eigenvalue weighted by Gasteiger charge is -2.13. The lowest BCUT2D eigenvalue weighted by atomic mass is 10.00. The van der Waals surface area contributed by atoms with Crippen LogP contribution in [0.15, 0.2) is 18.2 Å². The number of amides is 1. The number of hydrogen-bond donors (Lipinski definition) is 4. The first-order chi connectivity index (χ1) is 14.4. The number of anilines is 1. The fourth-order valence-corrected chi connectivity index (χ4v) is 3.26. The molecule has 10 heteroatoms. The molecule has 0 aliphatic carbocycles. The summed E-state index contributed by atoms with van der Waals surface area (Å²) in [6.07, 6.45) is -2.51. The lowest BCUT2D eigenvalue weighted by molar-refractivity contribution is -0.141. The van der Waals surface area contributed by atoms with Crippen molar-refractivity contribution in [1.82, 2.24) is 4.57 Å². The van der Waals surface area contributed by atoms with Crippen molar-refractivity contribution < 1.29 is 33.8 Å². The fraction of sp³-hybridized carbons (Fsp3) is 0.333. The molecule has 0 fully saturated rings. The van der Waals surface area contributed by atoms with Gasteiger partial charge in [-0.3, -0.25) is 19.2 Å². The predicted molar refractivity (Wildman–Crippen MR) is 110 cm³/mol. The molecule has 0 bridgehead atoms. The van der Waals surface area contributed by atoms with Crippen LogP contribution in [0.25, 0.3) is 0 Å². The third-order valence-corrected chi connectivity index (χ3v) is 5.14. The zero-order valence-corrected chi connectivity index (χ0v) is 17.5. The summed E-state index contributed by atoms with van der Waals surface area (Å²) in [4.78, 5) is 48.7. The minimum absolute atomic E-state index is 0.0565. The van der Waals surface area contributed by atoms with E-state index in [1.54, 1.807) is 13.8 Å². The quantitative estimate of drug-likeness (QED) is 0.361. The van der Waals surface area contributed by atoms with Crippen LogP contribution in [0.4, 0.5) is 10.1 Å². The molecule has 0 unspecified atom stereocenters. The number of ketones is 2. The van der Waals surface area contributed by atoms with E-state index in [9.17, 15) is 28.7 Å². The van der Waals surface area contributed by atoms with Crippen LogP contribution >= 0.6 is 0 Å². The summed E-state index contributed by atoms with van der Waals surface area (Å²) in [5.41, 5.74) is 6.75. The molecule has 31 heavy (non-hydrogen) atoms. The molecule has 0 spiro atoms. The van der Waals surface area contributed by atoms with Gasteiger partial charge in [-0.05, 0) is 50.1 Å². The van der Waals surface area contributed by atoms with Crippen LogP contribution in [0.5, 0.6) is 0 Å². The van der Waals surface area contributed by atoms with Crippen molar-refractivity contribution in [2.24, 2.45) is 12.8 Å². The molecule has 0 aliphatic rings. The monoisotopic (exact) mass is 433 g/mol. The second kappa shape index (κ2) is 9.19. The predicted octanol–water partition coefficient (Wildman–Crippen LogP) is 1.26. The number of aliphatic hydroxyl groups is 1. The van der Waals surface area contributed by atoms with Crippen LogP contribution in [-0.2, 0) is 16.6 Å². The van der Waals surface area contributed by atoms with Gasteiger partial charge in [0.2, 0.25) is 11.6 Å². The number of carbonyl (C=O) groups excluding carboxylic acids is 3. The van der Waals surface area contributed by atoms with Gasteiger partial charge in [0, 0.05) is 24.8 Å². The number of aromatic nitrogens is 1. The molecule has 1 aromatic heterocycles. The number of nitrogens with one attached hydrogen (secondary N) is 1. The molecule has 2 aromatic rings. The number of halogens is 1. The smallest absolute Gasteiger partial charge is 0.323 e. The molecule has 9 nitrogen and oxygen atoms in total. The van der Waals surface area contributed by atoms with Crippen molar-refractivity contribution in [1.29, 1.82) is 0 Å². The largest absolute Gasteiger partial charge is 0.480 e. The molecule has 166 valence electrons. The first-order valence-corrected chi connectivity index (χ1v) is 9.34. The molecule has 0 radical (unpaired) electrons. The van der Waals surface area contributed by atoms with E-state index in [1.807, 2.05) is 0 Å². The van der Waals surface area contributed by atoms with Gasteiger partial charge in [-0.15, -0.1) is 0 Å². The average Bonchev–Trinajstić information content (AvgIpc) is 2.91. The molecule has 2 atom stereocenters. The van der Waals surface area contributed by atoms with Gasteiger partial charge < -0.3 is 25.8 Å². The standard InChI is InChI=1S/C21H24FN3O6/c1-9-7-12(5-6-13(9)22)24-20(29)16-10(2)18(25(4)11(16)3)19(28)15(27)8-14(26)17(23)21(30)31/h5-7,14,17,26H,8,23H2,1-4H3,(H,24,29)(H,30,31)/t14-,17+/m1/s1. The van der Waals surface area contributed by atoms with Gasteiger partial charge in [-0.2, -0.15) is 0 Å². The van der Waals surface area contributed by atoms with Crippen molar-refractivity contribution >= 4 is 29.1 Å². The highest BCUT2D eigenvalue weighted by Gasteiger charge is 2.32. The molecule has 0 aliphatic heterocycles. The van der Waals surface area contributed by atoms with E-state index in [1.165, 1.54) is 36.7 Å². The zero-order chi connectivity index (χ0) is 23.6. The highest BCUT2D eigenvalue weighted by atomic mass is 19.1. The van der Waals surface area contributed by atoms with Gasteiger partial charge in [0.25, 0.3) is 5.91 Å². The molecule has 0 saturated heterocycles. The van der Waals surface area contributed by atoms with Gasteiger partial charge in [0.05, 0.1) is 17.4 Å². The Balaban J connectivity index is 2.31. The number of Topliss-reactive ketones (excluding diaryl/α,β-unsaturated/α-hetero) is 2. The second-order valence-corrected chi connectivity index (χ2v) is 7.30. The summed E-state index contributed by atoms with van der Waals surface area (Å²) < 4.78 is 14.8. The Labute approximate surface area is 177 Å². The number of carbonyl (C=O) groups is 4. The minimum Gasteiger partial charge on any atom is -0.480 e. The molecular weight excluding hydrogens is 409 g/mol. The average molecular weight is 433 g/mol. The maximum absolute atomic E-state index is 13.4. The van der Waals surface area contributed by atoms with Crippen molar-refractivity contribution in [3.05, 3.63) is 52.1 Å². The van der Waals surface area contributed by atoms with Crippen LogP contribution < -0.4 is 11.1 Å². The lowest BCUT2D eigenvalue weighted by Crippen LogP contribution is -2.43. The molecule has 1 aromatic carbocycles. The van der Waals surface area contributed by atoms with Crippen LogP contribution in [0.3, 0.4) is 0 Å². The summed E-state index contributed by atoms with van der Waals surface area (Å²) >= 11 is 0. The van der Waals surface area contributed by atoms with E-state index in [4.69, 9.17) is 10.8 Å². The number of aliphatic carboxylic acids is 1. The Hall–Kier alpha value is -3.37. The van der Waals surface area contributed by atoms with Gasteiger partial charge in [0.1, 0.15) is 11.9 Å². The van der Waals surface area contributed by atoms with Crippen molar-refractivity contribution in [3.8, 4) is 0 Å². The SMILES string of the molecule is Cc1cc(NC(=O)c2c(C)c(C(=O)C(=O)C[C@@H](O)[C@H](N)C(=O)O)n(C)c2C)ccc1F. The van der Waals surface area contributed by atoms with E-state index in [0.29, 0.717) is 16.9 Å². The highest BCUT2D eigenvalue weighted by Crippen LogP contribution is 2.24. The van der Waals surface area contributed by atoms with Gasteiger partial charge in [0.15, 0.2) is 0 Å². The fourth-order valence-electron chi connectivity index (χ4n) is 3.26. The van der Waals surface area contributed by atoms with Crippen LogP contribution in [0.2, 0.25) is 0 Å². The van der Waals surface area contributed by atoms with Crippen LogP contribution in [-0.4, -0.2) is 50.4 Å². The summed E-state index contributed by atoms with van der Waals surface area (Å²) in [7, 11) is 1.50. The number of rotatable bonds is 8. The summed E-state index contributed by atoms with van der Waals surface area (Å²) in [6, 6.07) is 2.37. The number of aryl methyl sites for hydroxylation is 1. The molecule has 1 amide bonds. The van der Waals surface area contributed by atoms with Crippen molar-refractivity contribution in [3.63, 3.8) is 0 Å². The number of carboxylic acids is 1. The first-order valence-electron chi connectivity index (χ1n) is 9.34. The summed E-state index contributed by atoms with van der Waals surface area (Å²) in [6.45, 7) is 4.64. The van der Waals surface area contributed by atoms with Gasteiger partial charge >= 0.3 is 5.97 Å². The van der Waals surface area contributed by atoms with E-state index in [0.717, 1.165) is 0 Å². The Morgan fingerprint density at radius 1 is 1.19 bits per heavy atom. The van der Waals surface area contributed by atoms with Gasteiger partial charge in [-0.25, -0.2) is 4.39 Å². The molecule has 0 saturated carbocycles. The van der Waals surface area contributed by atoms with Crippen molar-refractivity contribution in [2.45, 2.75) is 39.3 Å². The second-order valence-electron chi connectivity index (χ2n) is 7.30. The Morgan fingerprint density at radius 2 is 1.81 bits per heavy atom. The minimum atomic E-state index is -1.74. The zero-order valence-electron chi connectivity index (χ0n) is 17.5. The maximum Gasteiger partial charge on any atom is 0.323 e. The number of benzene rings is 1. The summed E-state index contributed by atoms with van der Waals surface area (Å²) in [5, 5.41) is 21.2. The molecule has 5 N–H and O–H groups in total. The molecule has 2 rings (SSSR count). The van der Waals surface area contributed by atoms with E-state index < -0.39 is 47.8 Å². The molecular formula is C21H24FN3O6.